The highest BCUT2D eigenvalue weighted by atomic mass is 16.5. The van der Waals surface area contributed by atoms with Crippen molar-refractivity contribution in [2.45, 2.75) is 44.8 Å². The highest BCUT2D eigenvalue weighted by Gasteiger charge is 2.33. The van der Waals surface area contributed by atoms with Gasteiger partial charge in [0.1, 0.15) is 16.9 Å². The van der Waals surface area contributed by atoms with Gasteiger partial charge >= 0.3 is 0 Å². The molecule has 1 aromatic carbocycles. The molecule has 206 valence electrons. The Morgan fingerprint density at radius 3 is 2.82 bits per heavy atom. The van der Waals surface area contributed by atoms with E-state index in [9.17, 15) is 9.59 Å². The fourth-order valence-electron chi connectivity index (χ4n) is 5.62. The molecule has 0 aliphatic carbocycles. The van der Waals surface area contributed by atoms with Gasteiger partial charge in [-0.2, -0.15) is 5.10 Å². The molecule has 2 amide bonds. The number of amides is 2. The molecule has 0 radical (unpaired) electrons. The van der Waals surface area contributed by atoms with Gasteiger partial charge in [0.05, 0.1) is 30.2 Å². The number of nitrogens with one attached hydrogen (secondary N) is 2. The Morgan fingerprint density at radius 2 is 2.03 bits per heavy atom. The van der Waals surface area contributed by atoms with Crippen LogP contribution in [0.25, 0.3) is 5.65 Å². The Labute approximate surface area is 227 Å². The summed E-state index contributed by atoms with van der Waals surface area (Å²) in [7, 11) is 0. The Morgan fingerprint density at radius 1 is 1.18 bits per heavy atom. The minimum absolute atomic E-state index is 0.0297. The van der Waals surface area contributed by atoms with Gasteiger partial charge < -0.3 is 25.0 Å². The average molecular weight is 534 g/mol. The van der Waals surface area contributed by atoms with E-state index < -0.39 is 0 Å². The molecule has 3 aliphatic rings. The summed E-state index contributed by atoms with van der Waals surface area (Å²) >= 11 is 0. The van der Waals surface area contributed by atoms with Crippen LogP contribution in [0.3, 0.4) is 0 Å². The van der Waals surface area contributed by atoms with Crippen molar-refractivity contribution in [1.82, 2.24) is 24.8 Å². The van der Waals surface area contributed by atoms with Crippen molar-refractivity contribution < 1.29 is 19.1 Å². The molecule has 5 heterocycles. The van der Waals surface area contributed by atoms with Crippen LogP contribution >= 0.6 is 0 Å². The lowest BCUT2D eigenvalue weighted by molar-refractivity contribution is -0.122. The molecule has 2 aromatic heterocycles. The third-order valence-corrected chi connectivity index (χ3v) is 7.58. The SMILES string of the molecule is CC1(C)Cc2cc(NC(=O)c3cnn4cccnc34)c(N3CCN(CC(=O)NCC4CCCO4)CC3)cc2O1. The number of benzene rings is 1. The first kappa shape index (κ1) is 25.6. The summed E-state index contributed by atoms with van der Waals surface area (Å²) in [4.78, 5) is 34.6. The van der Waals surface area contributed by atoms with Crippen LogP contribution in [0.15, 0.2) is 36.8 Å². The van der Waals surface area contributed by atoms with E-state index >= 15 is 0 Å². The molecule has 1 unspecified atom stereocenters. The highest BCUT2D eigenvalue weighted by Crippen LogP contribution is 2.42. The molecule has 1 atom stereocenters. The third kappa shape index (κ3) is 5.55. The summed E-state index contributed by atoms with van der Waals surface area (Å²) in [5.74, 6) is 0.619. The first-order valence-corrected chi connectivity index (χ1v) is 13.7. The van der Waals surface area contributed by atoms with Crippen LogP contribution in [0.5, 0.6) is 5.75 Å². The molecule has 2 saturated heterocycles. The Bertz CT molecular complexity index is 1370. The molecular weight excluding hydrogens is 498 g/mol. The zero-order valence-electron chi connectivity index (χ0n) is 22.5. The van der Waals surface area contributed by atoms with Crippen molar-refractivity contribution in [3.63, 3.8) is 0 Å². The first-order chi connectivity index (χ1) is 18.8. The molecule has 2 N–H and O–H groups in total. The second-order valence-corrected chi connectivity index (χ2v) is 11.1. The number of hydrogen-bond acceptors (Lipinski definition) is 8. The lowest BCUT2D eigenvalue weighted by atomic mass is 10.0. The van der Waals surface area contributed by atoms with Crippen molar-refractivity contribution >= 4 is 28.8 Å². The number of aromatic nitrogens is 3. The topological polar surface area (TPSA) is 113 Å². The minimum Gasteiger partial charge on any atom is -0.487 e. The van der Waals surface area contributed by atoms with Crippen molar-refractivity contribution in [2.24, 2.45) is 0 Å². The van der Waals surface area contributed by atoms with Gasteiger partial charge in [0.25, 0.3) is 5.91 Å². The maximum absolute atomic E-state index is 13.4. The van der Waals surface area contributed by atoms with Crippen LogP contribution in [0.1, 0.15) is 42.6 Å². The van der Waals surface area contributed by atoms with Gasteiger partial charge in [-0.1, -0.05) is 0 Å². The molecule has 11 nitrogen and oxygen atoms in total. The first-order valence-electron chi connectivity index (χ1n) is 13.7. The zero-order valence-corrected chi connectivity index (χ0v) is 22.5. The predicted molar refractivity (Wildman–Crippen MR) is 146 cm³/mol. The second kappa shape index (κ2) is 10.5. The van der Waals surface area contributed by atoms with Crippen molar-refractivity contribution in [3.8, 4) is 5.75 Å². The monoisotopic (exact) mass is 533 g/mol. The Hall–Kier alpha value is -3.70. The van der Waals surface area contributed by atoms with Crippen LogP contribution in [-0.2, 0) is 16.0 Å². The summed E-state index contributed by atoms with van der Waals surface area (Å²) in [6.45, 7) is 8.79. The van der Waals surface area contributed by atoms with E-state index in [1.54, 1.807) is 29.2 Å². The number of ether oxygens (including phenoxy) is 2. The summed E-state index contributed by atoms with van der Waals surface area (Å²) < 4.78 is 13.4. The number of anilines is 2. The molecule has 11 heteroatoms. The molecule has 6 rings (SSSR count). The molecule has 0 saturated carbocycles. The van der Waals surface area contributed by atoms with Gasteiger partial charge in [-0.3, -0.25) is 14.5 Å². The predicted octanol–water partition coefficient (Wildman–Crippen LogP) is 2.11. The Kier molecular flexibility index (Phi) is 6.86. The molecule has 0 bridgehead atoms. The smallest absolute Gasteiger partial charge is 0.261 e. The number of carbonyl (C=O) groups is 2. The third-order valence-electron chi connectivity index (χ3n) is 7.58. The van der Waals surface area contributed by atoms with E-state index in [2.05, 4.69) is 44.4 Å². The summed E-state index contributed by atoms with van der Waals surface area (Å²) in [5, 5.41) is 10.4. The fourth-order valence-corrected chi connectivity index (χ4v) is 5.62. The van der Waals surface area contributed by atoms with Crippen molar-refractivity contribution in [2.75, 3.05) is 56.1 Å². The van der Waals surface area contributed by atoms with E-state index in [-0.39, 0.29) is 23.5 Å². The van der Waals surface area contributed by atoms with Crippen LogP contribution in [0, 0.1) is 0 Å². The summed E-state index contributed by atoms with van der Waals surface area (Å²) in [6.07, 6.45) is 7.93. The number of piperazine rings is 1. The average Bonchev–Trinajstić information content (AvgIpc) is 3.65. The van der Waals surface area contributed by atoms with Crippen LogP contribution in [-0.4, -0.2) is 88.9 Å². The number of carbonyl (C=O) groups excluding carboxylic acids is 2. The van der Waals surface area contributed by atoms with Gasteiger partial charge in [0, 0.05) is 69.8 Å². The van der Waals surface area contributed by atoms with Crippen molar-refractivity contribution in [1.29, 1.82) is 0 Å². The Balaban J connectivity index is 1.16. The normalized spacial score (nSPS) is 20.6. The number of nitrogens with zero attached hydrogens (tertiary/aromatic N) is 5. The highest BCUT2D eigenvalue weighted by molar-refractivity contribution is 6.09. The van der Waals surface area contributed by atoms with Gasteiger partial charge in [0.2, 0.25) is 5.91 Å². The quantitative estimate of drug-likeness (QED) is 0.475. The standard InChI is InChI=1S/C28H35N7O4/c1-28(2)15-19-13-22(32-27(37)21-17-31-35-7-4-6-29-26(21)35)23(14-24(19)39-28)34-10-8-33(9-11-34)18-25(36)30-16-20-5-3-12-38-20/h4,6-7,13-14,17,20H,3,5,8-12,15-16,18H2,1-2H3,(H,30,36)(H,32,37). The molecule has 3 aliphatic heterocycles. The van der Waals surface area contributed by atoms with E-state index in [0.29, 0.717) is 24.3 Å². The van der Waals surface area contributed by atoms with E-state index in [0.717, 1.165) is 74.7 Å². The van der Waals surface area contributed by atoms with Crippen LogP contribution < -0.4 is 20.3 Å². The van der Waals surface area contributed by atoms with Gasteiger partial charge in [0.15, 0.2) is 5.65 Å². The number of fused-ring (bicyclic) bond motifs is 2. The lowest BCUT2D eigenvalue weighted by Crippen LogP contribution is -2.50. The van der Waals surface area contributed by atoms with Gasteiger partial charge in [-0.25, -0.2) is 9.50 Å². The molecule has 39 heavy (non-hydrogen) atoms. The molecule has 0 spiro atoms. The van der Waals surface area contributed by atoms with E-state index in [4.69, 9.17) is 9.47 Å². The van der Waals surface area contributed by atoms with Gasteiger partial charge in [-0.05, 0) is 38.8 Å². The molecule has 2 fully saturated rings. The van der Waals surface area contributed by atoms with Crippen LogP contribution in [0.4, 0.5) is 11.4 Å². The van der Waals surface area contributed by atoms with E-state index in [1.165, 1.54) is 0 Å². The lowest BCUT2D eigenvalue weighted by Gasteiger charge is -2.36. The zero-order chi connectivity index (χ0) is 27.0. The van der Waals surface area contributed by atoms with Gasteiger partial charge in [-0.15, -0.1) is 0 Å². The van der Waals surface area contributed by atoms with Crippen molar-refractivity contribution in [3.05, 3.63) is 47.9 Å². The number of hydrogen-bond donors (Lipinski definition) is 2. The fraction of sp³-hybridized carbons (Fsp3) is 0.500. The minimum atomic E-state index is -0.301. The van der Waals surface area contributed by atoms with Crippen LogP contribution in [0.2, 0.25) is 0 Å². The largest absolute Gasteiger partial charge is 0.487 e. The molecule has 3 aromatic rings. The molecular formula is C28H35N7O4. The number of rotatable bonds is 7. The van der Waals surface area contributed by atoms with E-state index in [1.807, 2.05) is 12.1 Å². The second-order valence-electron chi connectivity index (χ2n) is 11.1. The maximum atomic E-state index is 13.4. The summed E-state index contributed by atoms with van der Waals surface area (Å²) in [6, 6.07) is 5.84. The summed E-state index contributed by atoms with van der Waals surface area (Å²) in [5.41, 5.74) is 3.33. The maximum Gasteiger partial charge on any atom is 0.261 e.